The molecule has 0 saturated heterocycles. The lowest BCUT2D eigenvalue weighted by molar-refractivity contribution is 0.659. The normalized spacial score (nSPS) is 10.3. The standard InChI is InChI=1S/C13H13ClN4/c1-2-18-13(16)10(8-15)12(17-18)7-9-5-3-4-6-11(9)14/h3-6H,2,7,16H2,1H3. The van der Waals surface area contributed by atoms with E-state index in [1.54, 1.807) is 4.68 Å². The van der Waals surface area contributed by atoms with E-state index in [1.807, 2.05) is 31.2 Å². The number of nitrogens with zero attached hydrogens (tertiary/aromatic N) is 3. The molecular formula is C13H13ClN4. The number of nitrogens with two attached hydrogens (primary N) is 1. The van der Waals surface area contributed by atoms with Crippen LogP contribution in [0.3, 0.4) is 0 Å². The summed E-state index contributed by atoms with van der Waals surface area (Å²) in [6.45, 7) is 2.58. The highest BCUT2D eigenvalue weighted by atomic mass is 35.5. The molecule has 0 aliphatic heterocycles. The zero-order chi connectivity index (χ0) is 13.1. The number of nitrogen functional groups attached to an aromatic ring is 1. The molecule has 2 rings (SSSR count). The first-order valence-corrected chi connectivity index (χ1v) is 6.03. The van der Waals surface area contributed by atoms with Crippen LogP contribution in [0.5, 0.6) is 0 Å². The molecule has 0 radical (unpaired) electrons. The Morgan fingerprint density at radius 1 is 1.44 bits per heavy atom. The van der Waals surface area contributed by atoms with Gasteiger partial charge in [-0.25, -0.2) is 4.68 Å². The van der Waals surface area contributed by atoms with Crippen molar-refractivity contribution in [3.63, 3.8) is 0 Å². The van der Waals surface area contributed by atoms with Crippen molar-refractivity contribution in [2.45, 2.75) is 19.9 Å². The summed E-state index contributed by atoms with van der Waals surface area (Å²) in [4.78, 5) is 0. The summed E-state index contributed by atoms with van der Waals surface area (Å²) < 4.78 is 1.63. The molecule has 0 saturated carbocycles. The molecular weight excluding hydrogens is 248 g/mol. The van der Waals surface area contributed by atoms with Gasteiger partial charge in [-0.05, 0) is 18.6 Å². The fourth-order valence-electron chi connectivity index (χ4n) is 1.84. The average molecular weight is 261 g/mol. The number of halogens is 1. The van der Waals surface area contributed by atoms with Crippen molar-refractivity contribution < 1.29 is 0 Å². The SMILES string of the molecule is CCn1nc(Cc2ccccc2Cl)c(C#N)c1N. The maximum Gasteiger partial charge on any atom is 0.140 e. The highest BCUT2D eigenvalue weighted by molar-refractivity contribution is 6.31. The highest BCUT2D eigenvalue weighted by Crippen LogP contribution is 2.22. The van der Waals surface area contributed by atoms with Crippen LogP contribution < -0.4 is 5.73 Å². The molecule has 2 N–H and O–H groups in total. The van der Waals surface area contributed by atoms with Gasteiger partial charge in [0.25, 0.3) is 0 Å². The third-order valence-electron chi connectivity index (χ3n) is 2.79. The van der Waals surface area contributed by atoms with Crippen LogP contribution in [-0.2, 0) is 13.0 Å². The topological polar surface area (TPSA) is 67.6 Å². The number of hydrogen-bond donors (Lipinski definition) is 1. The van der Waals surface area contributed by atoms with Crippen LogP contribution >= 0.6 is 11.6 Å². The summed E-state index contributed by atoms with van der Waals surface area (Å²) in [6, 6.07) is 9.63. The maximum absolute atomic E-state index is 9.14. The van der Waals surface area contributed by atoms with E-state index in [0.29, 0.717) is 35.1 Å². The van der Waals surface area contributed by atoms with Crippen LogP contribution in [0, 0.1) is 11.3 Å². The summed E-state index contributed by atoms with van der Waals surface area (Å²) in [6.07, 6.45) is 0.514. The summed E-state index contributed by atoms with van der Waals surface area (Å²) in [7, 11) is 0. The molecule has 0 unspecified atom stereocenters. The molecule has 4 nitrogen and oxygen atoms in total. The molecule has 18 heavy (non-hydrogen) atoms. The second-order valence-corrected chi connectivity index (χ2v) is 4.31. The maximum atomic E-state index is 9.14. The first-order valence-electron chi connectivity index (χ1n) is 5.66. The van der Waals surface area contributed by atoms with Crippen molar-refractivity contribution in [1.29, 1.82) is 5.26 Å². The molecule has 0 bridgehead atoms. The Bertz CT molecular complexity index is 610. The molecule has 0 fully saturated rings. The first-order chi connectivity index (χ1) is 8.67. The van der Waals surface area contributed by atoms with Crippen LogP contribution in [0.15, 0.2) is 24.3 Å². The fourth-order valence-corrected chi connectivity index (χ4v) is 2.04. The Morgan fingerprint density at radius 2 is 2.17 bits per heavy atom. The van der Waals surface area contributed by atoms with E-state index in [0.717, 1.165) is 5.56 Å². The lowest BCUT2D eigenvalue weighted by atomic mass is 10.1. The lowest BCUT2D eigenvalue weighted by Crippen LogP contribution is -2.02. The molecule has 1 aromatic heterocycles. The largest absolute Gasteiger partial charge is 0.383 e. The molecule has 1 heterocycles. The Hall–Kier alpha value is -1.99. The molecule has 0 atom stereocenters. The van der Waals surface area contributed by atoms with Crippen LogP contribution in [-0.4, -0.2) is 9.78 Å². The van der Waals surface area contributed by atoms with E-state index in [-0.39, 0.29) is 0 Å². The van der Waals surface area contributed by atoms with Crippen LogP contribution in [0.2, 0.25) is 5.02 Å². The van der Waals surface area contributed by atoms with Crippen molar-refractivity contribution in [2.75, 3.05) is 5.73 Å². The summed E-state index contributed by atoms with van der Waals surface area (Å²) >= 11 is 6.10. The van der Waals surface area contributed by atoms with Gasteiger partial charge in [0.15, 0.2) is 0 Å². The van der Waals surface area contributed by atoms with E-state index in [9.17, 15) is 0 Å². The molecule has 0 amide bonds. The summed E-state index contributed by atoms with van der Waals surface area (Å²) in [5, 5.41) is 14.2. The zero-order valence-electron chi connectivity index (χ0n) is 10.0. The average Bonchev–Trinajstić information content (AvgIpc) is 2.68. The molecule has 5 heteroatoms. The van der Waals surface area contributed by atoms with Crippen molar-refractivity contribution in [3.05, 3.63) is 46.1 Å². The van der Waals surface area contributed by atoms with E-state index in [1.165, 1.54) is 0 Å². The number of nitriles is 1. The first kappa shape index (κ1) is 12.5. The molecule has 0 aliphatic carbocycles. The van der Waals surface area contributed by atoms with Crippen molar-refractivity contribution in [1.82, 2.24) is 9.78 Å². The fraction of sp³-hybridized carbons (Fsp3) is 0.231. The van der Waals surface area contributed by atoms with Crippen molar-refractivity contribution in [3.8, 4) is 6.07 Å². The Labute approximate surface area is 111 Å². The van der Waals surface area contributed by atoms with Crippen LogP contribution in [0.4, 0.5) is 5.82 Å². The number of aryl methyl sites for hydroxylation is 1. The minimum Gasteiger partial charge on any atom is -0.383 e. The molecule has 0 aliphatic rings. The van der Waals surface area contributed by atoms with Gasteiger partial charge in [0.05, 0.1) is 5.69 Å². The number of rotatable bonds is 3. The van der Waals surface area contributed by atoms with Crippen molar-refractivity contribution in [2.24, 2.45) is 0 Å². The Morgan fingerprint density at radius 3 is 2.78 bits per heavy atom. The van der Waals surface area contributed by atoms with Crippen molar-refractivity contribution >= 4 is 17.4 Å². The third-order valence-corrected chi connectivity index (χ3v) is 3.16. The molecule has 92 valence electrons. The van der Waals surface area contributed by atoms with Gasteiger partial charge in [0.1, 0.15) is 17.5 Å². The lowest BCUT2D eigenvalue weighted by Gasteiger charge is -2.01. The summed E-state index contributed by atoms with van der Waals surface area (Å²) in [5.41, 5.74) is 7.92. The van der Waals surface area contributed by atoms with Gasteiger partial charge in [-0.3, -0.25) is 0 Å². The van der Waals surface area contributed by atoms with E-state index in [2.05, 4.69) is 11.2 Å². The van der Waals surface area contributed by atoms with Crippen LogP contribution in [0.1, 0.15) is 23.7 Å². The van der Waals surface area contributed by atoms with E-state index >= 15 is 0 Å². The minimum atomic E-state index is 0.419. The monoisotopic (exact) mass is 260 g/mol. The van der Waals surface area contributed by atoms with E-state index < -0.39 is 0 Å². The van der Waals surface area contributed by atoms with Gasteiger partial charge in [0.2, 0.25) is 0 Å². The number of anilines is 1. The molecule has 1 aromatic carbocycles. The molecule has 2 aromatic rings. The summed E-state index contributed by atoms with van der Waals surface area (Å²) in [5.74, 6) is 0.419. The predicted octanol–water partition coefficient (Wildman–Crippen LogP) is 2.60. The van der Waals surface area contributed by atoms with Gasteiger partial charge in [-0.15, -0.1) is 0 Å². The van der Waals surface area contributed by atoms with E-state index in [4.69, 9.17) is 22.6 Å². The Kier molecular flexibility index (Phi) is 3.54. The smallest absolute Gasteiger partial charge is 0.140 e. The van der Waals surface area contributed by atoms with Crippen LogP contribution in [0.25, 0.3) is 0 Å². The second-order valence-electron chi connectivity index (χ2n) is 3.90. The predicted molar refractivity (Wildman–Crippen MR) is 71.3 cm³/mol. The van der Waals surface area contributed by atoms with Gasteiger partial charge >= 0.3 is 0 Å². The molecule has 0 spiro atoms. The number of benzene rings is 1. The number of hydrogen-bond acceptors (Lipinski definition) is 3. The minimum absolute atomic E-state index is 0.419. The quantitative estimate of drug-likeness (QED) is 0.922. The number of aromatic nitrogens is 2. The second kappa shape index (κ2) is 5.11. The van der Waals surface area contributed by atoms with Gasteiger partial charge < -0.3 is 5.73 Å². The Balaban J connectivity index is 2.41. The highest BCUT2D eigenvalue weighted by Gasteiger charge is 2.15. The zero-order valence-corrected chi connectivity index (χ0v) is 10.8. The van der Waals surface area contributed by atoms with Gasteiger partial charge in [-0.1, -0.05) is 29.8 Å². The van der Waals surface area contributed by atoms with Gasteiger partial charge in [0, 0.05) is 18.0 Å². The third kappa shape index (κ3) is 2.18. The van der Waals surface area contributed by atoms with Gasteiger partial charge in [-0.2, -0.15) is 10.4 Å².